The predicted octanol–water partition coefficient (Wildman–Crippen LogP) is 5.91. The molecule has 30 heavy (non-hydrogen) atoms. The molecular weight excluding hydrogens is 392 g/mol. The Morgan fingerprint density at radius 3 is 2.43 bits per heavy atom. The lowest BCUT2D eigenvalue weighted by atomic mass is 10.1. The highest BCUT2D eigenvalue weighted by atomic mass is 32.2. The molecule has 0 aliphatic carbocycles. The summed E-state index contributed by atoms with van der Waals surface area (Å²) in [5.74, 6) is -0.206. The molecule has 148 valence electrons. The number of aromatic nitrogens is 1. The van der Waals surface area contributed by atoms with Gasteiger partial charge in [-0.1, -0.05) is 78.5 Å². The normalized spacial score (nSPS) is 11.8. The molecule has 0 saturated heterocycles. The number of fused-ring (bicyclic) bond motifs is 1. The minimum Gasteiger partial charge on any atom is -0.325 e. The summed E-state index contributed by atoms with van der Waals surface area (Å²) in [6, 6.07) is 28.5. The van der Waals surface area contributed by atoms with Gasteiger partial charge in [0.15, 0.2) is 5.78 Å². The fourth-order valence-corrected chi connectivity index (χ4v) is 4.16. The number of carbonyl (C=O) groups excluding carboxylic acids is 2. The average Bonchev–Trinajstić information content (AvgIpc) is 2.78. The number of rotatable bonds is 6. The highest BCUT2D eigenvalue weighted by molar-refractivity contribution is 8.00. The smallest absolute Gasteiger partial charge is 0.242 e. The number of carbonyl (C=O) groups is 2. The molecule has 1 heterocycles. The second-order valence-electron chi connectivity index (χ2n) is 6.88. The second-order valence-corrected chi connectivity index (χ2v) is 8.00. The monoisotopic (exact) mass is 412 g/mol. The van der Waals surface area contributed by atoms with Gasteiger partial charge in [-0.15, -0.1) is 0 Å². The molecule has 1 atom stereocenters. The van der Waals surface area contributed by atoms with Gasteiger partial charge >= 0.3 is 0 Å². The summed E-state index contributed by atoms with van der Waals surface area (Å²) >= 11 is 1.40. The minimum atomic E-state index is -0.485. The Labute approximate surface area is 179 Å². The van der Waals surface area contributed by atoms with Gasteiger partial charge in [-0.25, -0.2) is 4.98 Å². The van der Waals surface area contributed by atoms with Gasteiger partial charge in [-0.05, 0) is 36.8 Å². The molecule has 0 spiro atoms. The number of benzene rings is 3. The number of nitrogens with zero attached hydrogens (tertiary/aromatic N) is 1. The first-order valence-corrected chi connectivity index (χ1v) is 10.5. The van der Waals surface area contributed by atoms with Crippen LogP contribution in [0.2, 0.25) is 0 Å². The van der Waals surface area contributed by atoms with Crippen LogP contribution in [0.25, 0.3) is 10.9 Å². The zero-order chi connectivity index (χ0) is 20.9. The van der Waals surface area contributed by atoms with E-state index in [0.717, 1.165) is 21.5 Å². The maximum absolute atomic E-state index is 13.2. The number of nitrogens with one attached hydrogen (secondary N) is 1. The number of para-hydroxylation sites is 1. The SMILES string of the molecule is CC(=O)c1cccc(NC(=O)[C@H](Sc2ccc3ccccc3n2)c2ccccc2)c1. The molecule has 4 rings (SSSR count). The standard InChI is InChI=1S/C25H20N2O2S/c1-17(28)20-11-7-12-21(16-20)26-25(29)24(19-9-3-2-4-10-19)30-23-15-14-18-8-5-6-13-22(18)27-23/h2-16,24H,1H3,(H,26,29)/t24-/m1/s1. The number of amides is 1. The molecule has 0 radical (unpaired) electrons. The van der Waals surface area contributed by atoms with Crippen LogP contribution < -0.4 is 5.32 Å². The largest absolute Gasteiger partial charge is 0.325 e. The van der Waals surface area contributed by atoms with Gasteiger partial charge in [-0.2, -0.15) is 0 Å². The number of pyridine rings is 1. The predicted molar refractivity (Wildman–Crippen MR) is 122 cm³/mol. The first-order valence-electron chi connectivity index (χ1n) is 9.59. The lowest BCUT2D eigenvalue weighted by molar-refractivity contribution is -0.115. The van der Waals surface area contributed by atoms with Crippen LogP contribution in [0.1, 0.15) is 28.1 Å². The van der Waals surface area contributed by atoms with E-state index in [-0.39, 0.29) is 11.7 Å². The molecule has 1 amide bonds. The van der Waals surface area contributed by atoms with Crippen molar-refractivity contribution in [2.45, 2.75) is 17.2 Å². The Kier molecular flexibility index (Phi) is 5.91. The van der Waals surface area contributed by atoms with Crippen LogP contribution in [0.4, 0.5) is 5.69 Å². The molecule has 0 unspecified atom stereocenters. The van der Waals surface area contributed by atoms with E-state index in [0.29, 0.717) is 11.3 Å². The maximum atomic E-state index is 13.2. The molecule has 0 aliphatic rings. The fraction of sp³-hybridized carbons (Fsp3) is 0.0800. The summed E-state index contributed by atoms with van der Waals surface area (Å²) in [4.78, 5) is 29.6. The quantitative estimate of drug-likeness (QED) is 0.316. The zero-order valence-electron chi connectivity index (χ0n) is 16.4. The Balaban J connectivity index is 1.63. The van der Waals surface area contributed by atoms with Crippen LogP contribution in [0.3, 0.4) is 0 Å². The number of hydrogen-bond acceptors (Lipinski definition) is 4. The average molecular weight is 413 g/mol. The van der Waals surface area contributed by atoms with E-state index in [9.17, 15) is 9.59 Å². The van der Waals surface area contributed by atoms with Crippen molar-refractivity contribution < 1.29 is 9.59 Å². The van der Waals surface area contributed by atoms with Gasteiger partial charge < -0.3 is 5.32 Å². The van der Waals surface area contributed by atoms with Gasteiger partial charge in [0.05, 0.1) is 10.5 Å². The van der Waals surface area contributed by atoms with Crippen LogP contribution >= 0.6 is 11.8 Å². The number of ketones is 1. The maximum Gasteiger partial charge on any atom is 0.242 e. The Hall–Kier alpha value is -3.44. The molecule has 0 fully saturated rings. The van der Waals surface area contributed by atoms with Crippen molar-refractivity contribution in [1.29, 1.82) is 0 Å². The minimum absolute atomic E-state index is 0.0413. The molecule has 0 saturated carbocycles. The third-order valence-electron chi connectivity index (χ3n) is 4.69. The van der Waals surface area contributed by atoms with Gasteiger partial charge in [0, 0.05) is 16.6 Å². The first-order chi connectivity index (χ1) is 14.6. The van der Waals surface area contributed by atoms with Gasteiger partial charge in [0.25, 0.3) is 0 Å². The van der Waals surface area contributed by atoms with E-state index >= 15 is 0 Å². The molecule has 0 bridgehead atoms. The van der Waals surface area contributed by atoms with Crippen molar-refractivity contribution in [3.63, 3.8) is 0 Å². The molecule has 3 aromatic carbocycles. The Morgan fingerprint density at radius 2 is 1.63 bits per heavy atom. The van der Waals surface area contributed by atoms with Crippen molar-refractivity contribution in [1.82, 2.24) is 4.98 Å². The molecule has 0 aliphatic heterocycles. The van der Waals surface area contributed by atoms with E-state index in [2.05, 4.69) is 5.32 Å². The summed E-state index contributed by atoms with van der Waals surface area (Å²) in [5.41, 5.74) is 2.94. The van der Waals surface area contributed by atoms with E-state index in [1.54, 1.807) is 24.3 Å². The number of Topliss-reactive ketones (excluding diaryl/α,β-unsaturated/α-hetero) is 1. The van der Waals surface area contributed by atoms with E-state index < -0.39 is 5.25 Å². The number of thioether (sulfide) groups is 1. The van der Waals surface area contributed by atoms with E-state index in [4.69, 9.17) is 4.98 Å². The van der Waals surface area contributed by atoms with Crippen LogP contribution in [0.5, 0.6) is 0 Å². The highest BCUT2D eigenvalue weighted by Crippen LogP contribution is 2.36. The summed E-state index contributed by atoms with van der Waals surface area (Å²) in [6.07, 6.45) is 0. The lowest BCUT2D eigenvalue weighted by Gasteiger charge is -2.17. The van der Waals surface area contributed by atoms with Crippen molar-refractivity contribution >= 4 is 40.0 Å². The molecule has 4 aromatic rings. The molecule has 1 aromatic heterocycles. The van der Waals surface area contributed by atoms with Crippen LogP contribution in [-0.4, -0.2) is 16.7 Å². The van der Waals surface area contributed by atoms with Crippen LogP contribution in [-0.2, 0) is 4.79 Å². The van der Waals surface area contributed by atoms with Crippen molar-refractivity contribution in [2.75, 3.05) is 5.32 Å². The topological polar surface area (TPSA) is 59.1 Å². The summed E-state index contributed by atoms with van der Waals surface area (Å²) in [5, 5.41) is 4.30. The summed E-state index contributed by atoms with van der Waals surface area (Å²) in [6.45, 7) is 1.51. The van der Waals surface area contributed by atoms with Crippen LogP contribution in [0, 0.1) is 0 Å². The van der Waals surface area contributed by atoms with Gasteiger partial charge in [-0.3, -0.25) is 9.59 Å². The molecule has 1 N–H and O–H groups in total. The van der Waals surface area contributed by atoms with Crippen molar-refractivity contribution in [3.05, 3.63) is 102 Å². The number of hydrogen-bond donors (Lipinski definition) is 1. The molecule has 4 nitrogen and oxygen atoms in total. The number of anilines is 1. The van der Waals surface area contributed by atoms with E-state index in [1.807, 2.05) is 66.7 Å². The van der Waals surface area contributed by atoms with Crippen LogP contribution in [0.15, 0.2) is 96.0 Å². The van der Waals surface area contributed by atoms with Crippen molar-refractivity contribution in [3.8, 4) is 0 Å². The van der Waals surface area contributed by atoms with E-state index in [1.165, 1.54) is 18.7 Å². The Morgan fingerprint density at radius 1 is 0.867 bits per heavy atom. The fourth-order valence-electron chi connectivity index (χ4n) is 3.16. The van der Waals surface area contributed by atoms with Gasteiger partial charge in [0.2, 0.25) is 5.91 Å². The second kappa shape index (κ2) is 8.93. The third kappa shape index (κ3) is 4.58. The summed E-state index contributed by atoms with van der Waals surface area (Å²) < 4.78 is 0. The highest BCUT2D eigenvalue weighted by Gasteiger charge is 2.23. The molecule has 5 heteroatoms. The molecular formula is C25H20N2O2S. The first kappa shape index (κ1) is 19.9. The lowest BCUT2D eigenvalue weighted by Crippen LogP contribution is -2.19. The third-order valence-corrected chi connectivity index (χ3v) is 5.88. The van der Waals surface area contributed by atoms with Crippen molar-refractivity contribution in [2.24, 2.45) is 0 Å². The summed E-state index contributed by atoms with van der Waals surface area (Å²) in [7, 11) is 0. The zero-order valence-corrected chi connectivity index (χ0v) is 17.2. The van der Waals surface area contributed by atoms with Gasteiger partial charge in [0.1, 0.15) is 5.25 Å². The Bertz CT molecular complexity index is 1210.